The van der Waals surface area contributed by atoms with E-state index < -0.39 is 11.7 Å². The maximum atomic E-state index is 12.3. The summed E-state index contributed by atoms with van der Waals surface area (Å²) in [7, 11) is 0. The topological polar surface area (TPSA) is 89.9 Å². The number of aromatic nitrogens is 3. The number of aryl methyl sites for hydroxylation is 1. The van der Waals surface area contributed by atoms with Crippen LogP contribution in [0.25, 0.3) is 0 Å². The molecule has 1 fully saturated rings. The number of hydrogen-bond acceptors (Lipinski definition) is 5. The summed E-state index contributed by atoms with van der Waals surface area (Å²) in [6, 6.07) is 2.02. The van der Waals surface area contributed by atoms with Gasteiger partial charge in [0.15, 0.2) is 6.73 Å². The van der Waals surface area contributed by atoms with Crippen LogP contribution in [0, 0.1) is 47.8 Å². The fourth-order valence-corrected chi connectivity index (χ4v) is 2.90. The van der Waals surface area contributed by atoms with E-state index in [1.165, 1.54) is 10.6 Å². The zero-order valence-corrected chi connectivity index (χ0v) is 14.5. The molecule has 1 saturated carbocycles. The van der Waals surface area contributed by atoms with Gasteiger partial charge in [0.2, 0.25) is 0 Å². The molecule has 1 aliphatic carbocycles. The Morgan fingerprint density at radius 1 is 1.56 bits per heavy atom. The highest BCUT2D eigenvalue weighted by Gasteiger charge is 2.61. The smallest absolute Gasteiger partial charge is 0.349 e. The summed E-state index contributed by atoms with van der Waals surface area (Å²) in [5.41, 5.74) is -0.312. The number of ether oxygens (including phenoxy) is 1. The first-order valence-corrected chi connectivity index (χ1v) is 7.76. The standard InChI is InChI=1S/C18H20N4O3/c1-6-8-21-12(3)20-22(17(21)24)11-25-16(23)15-14(18(15,4)5)9-13(7-2)10-19/h1,7,9,14-15H,2,8,11H2,3-5H3/t14-,15+/m1/s1. The second-order valence-electron chi connectivity index (χ2n) is 6.47. The first-order valence-electron chi connectivity index (χ1n) is 7.76. The lowest BCUT2D eigenvalue weighted by molar-refractivity contribution is -0.150. The average Bonchev–Trinajstić information content (AvgIpc) is 3.01. The number of esters is 1. The van der Waals surface area contributed by atoms with Crippen molar-refractivity contribution in [3.05, 3.63) is 40.6 Å². The highest BCUT2D eigenvalue weighted by molar-refractivity contribution is 5.78. The molecule has 2 rings (SSSR count). The van der Waals surface area contributed by atoms with Crippen molar-refractivity contribution in [2.24, 2.45) is 17.3 Å². The third kappa shape index (κ3) is 3.41. The van der Waals surface area contributed by atoms with Crippen LogP contribution >= 0.6 is 0 Å². The van der Waals surface area contributed by atoms with Crippen LogP contribution in [0.2, 0.25) is 0 Å². The minimum atomic E-state index is -0.427. The van der Waals surface area contributed by atoms with Gasteiger partial charge in [0.05, 0.1) is 18.5 Å². The van der Waals surface area contributed by atoms with Crippen LogP contribution < -0.4 is 5.69 Å². The lowest BCUT2D eigenvalue weighted by Crippen LogP contribution is -2.27. The van der Waals surface area contributed by atoms with Crippen molar-refractivity contribution in [2.45, 2.75) is 34.0 Å². The molecule has 0 bridgehead atoms. The number of hydrogen-bond donors (Lipinski definition) is 0. The van der Waals surface area contributed by atoms with E-state index in [0.717, 1.165) is 4.68 Å². The van der Waals surface area contributed by atoms with Crippen LogP contribution in [-0.4, -0.2) is 20.3 Å². The van der Waals surface area contributed by atoms with Crippen molar-refractivity contribution < 1.29 is 9.53 Å². The molecule has 0 unspecified atom stereocenters. The zero-order chi connectivity index (χ0) is 18.8. The van der Waals surface area contributed by atoms with E-state index in [4.69, 9.17) is 16.4 Å². The summed E-state index contributed by atoms with van der Waals surface area (Å²) in [6.07, 6.45) is 8.41. The highest BCUT2D eigenvalue weighted by atomic mass is 16.5. The van der Waals surface area contributed by atoms with Gasteiger partial charge in [-0.15, -0.1) is 6.42 Å². The fourth-order valence-electron chi connectivity index (χ4n) is 2.90. The fraction of sp³-hybridized carbons (Fsp3) is 0.444. The number of nitrogens with zero attached hydrogens (tertiary/aromatic N) is 4. The Morgan fingerprint density at radius 2 is 2.24 bits per heavy atom. The molecule has 1 aromatic heterocycles. The summed E-state index contributed by atoms with van der Waals surface area (Å²) in [5, 5.41) is 13.0. The van der Waals surface area contributed by atoms with E-state index in [-0.39, 0.29) is 30.5 Å². The zero-order valence-electron chi connectivity index (χ0n) is 14.5. The van der Waals surface area contributed by atoms with Gasteiger partial charge in [0, 0.05) is 5.57 Å². The molecule has 0 radical (unpaired) electrons. The van der Waals surface area contributed by atoms with Crippen LogP contribution in [-0.2, 0) is 22.8 Å². The first kappa shape index (κ1) is 18.3. The van der Waals surface area contributed by atoms with Crippen molar-refractivity contribution in [3.8, 4) is 18.4 Å². The molecule has 0 saturated heterocycles. The van der Waals surface area contributed by atoms with Gasteiger partial charge in [-0.2, -0.15) is 15.0 Å². The molecule has 0 aromatic carbocycles. The quantitative estimate of drug-likeness (QED) is 0.338. The monoisotopic (exact) mass is 340 g/mol. The molecular weight excluding hydrogens is 320 g/mol. The Hall–Kier alpha value is -3.06. The second kappa shape index (κ2) is 6.82. The van der Waals surface area contributed by atoms with E-state index in [1.807, 2.05) is 19.9 Å². The van der Waals surface area contributed by atoms with E-state index in [0.29, 0.717) is 11.4 Å². The molecule has 1 aromatic rings. The van der Waals surface area contributed by atoms with Gasteiger partial charge in [-0.1, -0.05) is 38.5 Å². The van der Waals surface area contributed by atoms with Gasteiger partial charge in [0.1, 0.15) is 5.82 Å². The van der Waals surface area contributed by atoms with Gasteiger partial charge < -0.3 is 4.74 Å². The molecule has 2 atom stereocenters. The number of carbonyl (C=O) groups is 1. The molecule has 0 aliphatic heterocycles. The molecule has 0 N–H and O–H groups in total. The summed E-state index contributed by atoms with van der Waals surface area (Å²) in [4.78, 5) is 24.5. The Morgan fingerprint density at radius 3 is 2.80 bits per heavy atom. The van der Waals surface area contributed by atoms with Gasteiger partial charge >= 0.3 is 11.7 Å². The Balaban J connectivity index is 2.07. The van der Waals surface area contributed by atoms with Crippen molar-refractivity contribution in [3.63, 3.8) is 0 Å². The van der Waals surface area contributed by atoms with Crippen molar-refractivity contribution in [2.75, 3.05) is 0 Å². The van der Waals surface area contributed by atoms with Crippen molar-refractivity contribution >= 4 is 5.97 Å². The average molecular weight is 340 g/mol. The number of rotatable bonds is 6. The van der Waals surface area contributed by atoms with Crippen LogP contribution in [0.4, 0.5) is 0 Å². The minimum absolute atomic E-state index is 0.106. The number of allylic oxidation sites excluding steroid dienone is 3. The van der Waals surface area contributed by atoms with Crippen LogP contribution in [0.1, 0.15) is 19.7 Å². The molecular formula is C18H20N4O3. The summed E-state index contributed by atoms with van der Waals surface area (Å²) in [5.74, 6) is 1.93. The third-order valence-corrected chi connectivity index (χ3v) is 4.56. The molecule has 1 aliphatic rings. The first-order chi connectivity index (χ1) is 11.8. The predicted molar refractivity (Wildman–Crippen MR) is 90.8 cm³/mol. The molecule has 130 valence electrons. The van der Waals surface area contributed by atoms with Crippen molar-refractivity contribution in [1.82, 2.24) is 14.3 Å². The van der Waals surface area contributed by atoms with Gasteiger partial charge in [0.25, 0.3) is 0 Å². The van der Waals surface area contributed by atoms with E-state index in [2.05, 4.69) is 17.6 Å². The number of terminal acetylenes is 1. The van der Waals surface area contributed by atoms with E-state index >= 15 is 0 Å². The third-order valence-electron chi connectivity index (χ3n) is 4.56. The normalized spacial score (nSPS) is 21.1. The maximum Gasteiger partial charge on any atom is 0.349 e. The van der Waals surface area contributed by atoms with E-state index in [9.17, 15) is 9.59 Å². The molecule has 1 heterocycles. The molecule has 7 nitrogen and oxygen atoms in total. The Kier molecular flexibility index (Phi) is 4.99. The van der Waals surface area contributed by atoms with Gasteiger partial charge in [-0.25, -0.2) is 4.79 Å². The SMILES string of the molecule is C#CCn1c(C)nn(COC(=O)[C@@H]2[C@@H](C=C(C#N)C=C)C2(C)C)c1=O. The minimum Gasteiger partial charge on any atom is -0.442 e. The van der Waals surface area contributed by atoms with E-state index in [1.54, 1.807) is 13.0 Å². The number of nitriles is 1. The Labute approximate surface area is 146 Å². The summed E-state index contributed by atoms with van der Waals surface area (Å²) >= 11 is 0. The summed E-state index contributed by atoms with van der Waals surface area (Å²) in [6.45, 7) is 8.92. The molecule has 7 heteroatoms. The summed E-state index contributed by atoms with van der Waals surface area (Å²) < 4.78 is 7.64. The van der Waals surface area contributed by atoms with Gasteiger partial charge in [-0.05, 0) is 18.3 Å². The molecule has 0 amide bonds. The van der Waals surface area contributed by atoms with Crippen LogP contribution in [0.3, 0.4) is 0 Å². The van der Waals surface area contributed by atoms with Crippen LogP contribution in [0.5, 0.6) is 0 Å². The molecule has 25 heavy (non-hydrogen) atoms. The lowest BCUT2D eigenvalue weighted by Gasteiger charge is -2.04. The molecule has 0 spiro atoms. The number of carbonyl (C=O) groups excluding carboxylic acids is 1. The van der Waals surface area contributed by atoms with Crippen LogP contribution in [0.15, 0.2) is 29.1 Å². The largest absolute Gasteiger partial charge is 0.442 e. The second-order valence-corrected chi connectivity index (χ2v) is 6.47. The lowest BCUT2D eigenvalue weighted by atomic mass is 10.1. The van der Waals surface area contributed by atoms with Crippen molar-refractivity contribution in [1.29, 1.82) is 5.26 Å². The maximum absolute atomic E-state index is 12.3. The van der Waals surface area contributed by atoms with Gasteiger partial charge in [-0.3, -0.25) is 9.36 Å². The Bertz CT molecular complexity index is 874. The highest BCUT2D eigenvalue weighted by Crippen LogP contribution is 2.59. The predicted octanol–water partition coefficient (Wildman–Crippen LogP) is 1.40.